The van der Waals surface area contributed by atoms with E-state index in [1.54, 1.807) is 0 Å². The highest BCUT2D eigenvalue weighted by atomic mass is 16.3. The highest BCUT2D eigenvalue weighted by Crippen LogP contribution is 2.57. The smallest absolute Gasteiger partial charge is 0.333 e. The fourth-order valence-electron chi connectivity index (χ4n) is 13.9. The van der Waals surface area contributed by atoms with Gasteiger partial charge in [0.2, 0.25) is 0 Å². The fraction of sp³-hybridized carbons (Fsp3) is 0.241. The minimum absolute atomic E-state index is 0.00300. The molecule has 0 amide bonds. The molecule has 0 fully saturated rings. The van der Waals surface area contributed by atoms with Crippen molar-refractivity contribution in [1.82, 2.24) is 0 Å². The van der Waals surface area contributed by atoms with E-state index in [2.05, 4.69) is 318 Å². The third kappa shape index (κ3) is 8.47. The number of para-hydroxylation sites is 1. The number of benzene rings is 10. The van der Waals surface area contributed by atoms with E-state index in [0.717, 1.165) is 67.3 Å². The lowest BCUT2D eigenvalue weighted by Crippen LogP contribution is -2.61. The number of nitrogens with zero attached hydrogens (tertiary/aromatic N) is 3. The van der Waals surface area contributed by atoms with Crippen molar-refractivity contribution >= 4 is 85.2 Å². The van der Waals surface area contributed by atoms with Crippen LogP contribution in [0.2, 0.25) is 0 Å². The molecule has 416 valence electrons. The summed E-state index contributed by atoms with van der Waals surface area (Å²) in [4.78, 5) is 7.76. The van der Waals surface area contributed by atoms with E-state index in [-0.39, 0.29) is 33.9 Å². The predicted molar refractivity (Wildman–Crippen MR) is 360 cm³/mol. The van der Waals surface area contributed by atoms with Gasteiger partial charge in [0, 0.05) is 61.4 Å². The van der Waals surface area contributed by atoms with Gasteiger partial charge in [-0.1, -0.05) is 212 Å². The normalized spacial score (nSPS) is 14.3. The zero-order valence-electron chi connectivity index (χ0n) is 51.5. The molecule has 2 aliphatic heterocycles. The number of hydrogen-bond acceptors (Lipinski definition) is 4. The van der Waals surface area contributed by atoms with Crippen LogP contribution in [0, 0.1) is 0 Å². The average Bonchev–Trinajstić information content (AvgIpc) is 1.14. The van der Waals surface area contributed by atoms with E-state index >= 15 is 0 Å². The molecule has 0 unspecified atom stereocenters. The first kappa shape index (κ1) is 53.5. The zero-order chi connectivity index (χ0) is 58.6. The first-order chi connectivity index (χ1) is 39.9. The fourth-order valence-corrected chi connectivity index (χ4v) is 13.9. The first-order valence-electron chi connectivity index (χ1n) is 30.3. The van der Waals surface area contributed by atoms with Crippen molar-refractivity contribution in [1.29, 1.82) is 0 Å². The van der Waals surface area contributed by atoms with Crippen LogP contribution >= 0.6 is 0 Å². The van der Waals surface area contributed by atoms with Crippen molar-refractivity contribution in [2.45, 2.75) is 124 Å². The Hall–Kier alpha value is -8.54. The number of hydrogen-bond donors (Lipinski definition) is 0. The quantitative estimate of drug-likeness (QED) is 0.155. The van der Waals surface area contributed by atoms with Crippen LogP contribution in [0.4, 0.5) is 45.5 Å². The van der Waals surface area contributed by atoms with Crippen LogP contribution in [0.25, 0.3) is 55.3 Å². The van der Waals surface area contributed by atoms with E-state index in [9.17, 15) is 0 Å². The van der Waals surface area contributed by atoms with Crippen molar-refractivity contribution in [2.24, 2.45) is 0 Å². The predicted octanol–water partition coefficient (Wildman–Crippen LogP) is 20.9. The lowest BCUT2D eigenvalue weighted by atomic mass is 9.43. The van der Waals surface area contributed by atoms with Gasteiger partial charge in [-0.05, 0) is 179 Å². The van der Waals surface area contributed by atoms with Gasteiger partial charge in [-0.3, -0.25) is 0 Å². The van der Waals surface area contributed by atoms with Crippen LogP contribution < -0.4 is 25.5 Å². The van der Waals surface area contributed by atoms with Gasteiger partial charge in [0.1, 0.15) is 5.58 Å². The number of rotatable bonds is 6. The van der Waals surface area contributed by atoms with Crippen molar-refractivity contribution in [2.75, 3.05) is 14.6 Å². The monoisotopic (exact) mass is 1090 g/mol. The molecule has 3 heterocycles. The maximum absolute atomic E-state index is 7.42. The first-order valence-corrected chi connectivity index (χ1v) is 30.3. The summed E-state index contributed by atoms with van der Waals surface area (Å²) < 4.78 is 7.42. The lowest BCUT2D eigenvalue weighted by Gasteiger charge is -2.46. The topological polar surface area (TPSA) is 22.9 Å². The van der Waals surface area contributed by atoms with Gasteiger partial charge in [0.15, 0.2) is 5.58 Å². The van der Waals surface area contributed by atoms with Crippen LogP contribution in [0.15, 0.2) is 211 Å². The van der Waals surface area contributed by atoms with Gasteiger partial charge in [0.05, 0.1) is 11.4 Å². The summed E-state index contributed by atoms with van der Waals surface area (Å²) in [6.45, 7) is 32.2. The van der Waals surface area contributed by atoms with Crippen LogP contribution in [0.5, 0.6) is 0 Å². The van der Waals surface area contributed by atoms with E-state index in [1.165, 1.54) is 77.8 Å². The highest BCUT2D eigenvalue weighted by molar-refractivity contribution is 6.94. The molecule has 5 heteroatoms. The van der Waals surface area contributed by atoms with Crippen LogP contribution in [0.3, 0.4) is 0 Å². The molecule has 0 saturated heterocycles. The summed E-state index contributed by atoms with van der Waals surface area (Å²) in [6.07, 6.45) is 0. The average molecular weight is 1090 g/mol. The molecule has 14 rings (SSSR count). The van der Waals surface area contributed by atoms with Crippen molar-refractivity contribution in [3.63, 3.8) is 0 Å². The standard InChI is InChI=1S/C79H76BN3O/c1-75(2,3)50-28-35-54(36-29-50)81(55-37-30-51(31-38-55)76(4,5)6)57-41-43-69-67(45-57)80-72-63(62-46-61-58-24-18-20-26-65(58)79(13,14)66(61)48-70(62)83(80)56-39-32-52(33-40-56)77(7,8)9)47-64-59-25-19-21-27-71(59)84-74(64)73(72)82(69)68-42-34-53(78(10,11)12)44-60(68)49-22-16-15-17-23-49/h15-48H,1-14H3. The third-order valence-electron chi connectivity index (χ3n) is 18.7. The summed E-state index contributed by atoms with van der Waals surface area (Å²) in [6, 6.07) is 78.9. The lowest BCUT2D eigenvalue weighted by molar-refractivity contribution is 0.590. The number of furan rings is 1. The molecule has 0 atom stereocenters. The molecule has 4 nitrogen and oxygen atoms in total. The van der Waals surface area contributed by atoms with E-state index in [4.69, 9.17) is 4.42 Å². The van der Waals surface area contributed by atoms with Gasteiger partial charge < -0.3 is 19.0 Å². The number of fused-ring (bicyclic) bond motifs is 11. The third-order valence-corrected chi connectivity index (χ3v) is 18.7. The van der Waals surface area contributed by atoms with Gasteiger partial charge in [-0.15, -0.1) is 0 Å². The van der Waals surface area contributed by atoms with Crippen LogP contribution in [-0.4, -0.2) is 6.85 Å². The summed E-state index contributed by atoms with van der Waals surface area (Å²) in [5.74, 6) is 0. The summed E-state index contributed by atoms with van der Waals surface area (Å²) in [5, 5.41) is 2.21. The van der Waals surface area contributed by atoms with Crippen molar-refractivity contribution in [3.05, 3.63) is 240 Å². The molecule has 10 aromatic carbocycles. The second-order valence-electron chi connectivity index (χ2n) is 28.7. The molecule has 1 aromatic heterocycles. The van der Waals surface area contributed by atoms with Crippen molar-refractivity contribution < 1.29 is 4.42 Å². The Bertz CT molecular complexity index is 4370. The molecule has 0 radical (unpaired) electrons. The Morgan fingerprint density at radius 3 is 1.58 bits per heavy atom. The molecular weight excluding hydrogens is 1020 g/mol. The molecule has 84 heavy (non-hydrogen) atoms. The Kier molecular flexibility index (Phi) is 11.9. The summed E-state index contributed by atoms with van der Waals surface area (Å²) in [7, 11) is 0. The molecule has 0 bridgehead atoms. The Morgan fingerprint density at radius 1 is 0.405 bits per heavy atom. The zero-order valence-corrected chi connectivity index (χ0v) is 51.5. The molecular formula is C79H76BN3O. The maximum Gasteiger partial charge on any atom is 0.333 e. The Morgan fingerprint density at radius 2 is 0.952 bits per heavy atom. The molecule has 0 spiro atoms. The van der Waals surface area contributed by atoms with Gasteiger partial charge in [0.25, 0.3) is 0 Å². The number of anilines is 8. The van der Waals surface area contributed by atoms with Crippen LogP contribution in [0.1, 0.15) is 130 Å². The van der Waals surface area contributed by atoms with E-state index in [1.807, 2.05) is 0 Å². The van der Waals surface area contributed by atoms with Crippen molar-refractivity contribution in [3.8, 4) is 33.4 Å². The summed E-state index contributed by atoms with van der Waals surface area (Å²) >= 11 is 0. The Labute approximate surface area is 498 Å². The van der Waals surface area contributed by atoms with E-state index < -0.39 is 0 Å². The molecule has 0 saturated carbocycles. The molecule has 1 aliphatic carbocycles. The Balaban J connectivity index is 1.14. The minimum Gasteiger partial charge on any atom is -0.454 e. The van der Waals surface area contributed by atoms with Crippen LogP contribution in [-0.2, 0) is 27.1 Å². The molecule has 11 aromatic rings. The van der Waals surface area contributed by atoms with Gasteiger partial charge >= 0.3 is 6.85 Å². The van der Waals surface area contributed by atoms with Gasteiger partial charge in [-0.25, -0.2) is 0 Å². The molecule has 3 aliphatic rings. The SMILES string of the molecule is CC(C)(C)c1ccc(N2B3c4cc(N(c5ccc(C(C)(C)C)cc5)c5ccc(C(C)(C)C)cc5)ccc4N(c4ccc(C(C)(C)C)cc4-c4ccccc4)c4c3c(cc3c4oc4ccccc43)-c3cc4c(cc32)C(C)(C)c2ccccc2-4)cc1. The second kappa shape index (κ2) is 18.7. The second-order valence-corrected chi connectivity index (χ2v) is 28.7. The summed E-state index contributed by atoms with van der Waals surface area (Å²) in [5.41, 5.74) is 28.0. The largest absolute Gasteiger partial charge is 0.454 e. The van der Waals surface area contributed by atoms with Gasteiger partial charge in [-0.2, -0.15) is 0 Å². The minimum atomic E-state index is -0.306. The highest BCUT2D eigenvalue weighted by Gasteiger charge is 2.49. The maximum atomic E-state index is 7.42. The van der Waals surface area contributed by atoms with E-state index in [0.29, 0.717) is 0 Å². The molecule has 0 N–H and O–H groups in total.